The zero-order valence-corrected chi connectivity index (χ0v) is 31.6. The first-order chi connectivity index (χ1) is 25.4. The van der Waals surface area contributed by atoms with Crippen LogP contribution in [0.25, 0.3) is 11.5 Å². The Bertz CT molecular complexity index is 1920. The van der Waals surface area contributed by atoms with E-state index in [4.69, 9.17) is 40.6 Å². The average Bonchev–Trinajstić information content (AvgIpc) is 3.98. The molecule has 0 radical (unpaired) electrons. The van der Waals surface area contributed by atoms with E-state index in [2.05, 4.69) is 31.6 Å². The molecule has 2 unspecified atom stereocenters. The first-order valence-corrected chi connectivity index (χ1v) is 21.2. The minimum atomic E-state index is -1.03. The van der Waals surface area contributed by atoms with Crippen molar-refractivity contribution in [3.8, 4) is 11.5 Å². The summed E-state index contributed by atoms with van der Waals surface area (Å²) < 4.78 is 42.9. The maximum absolute atomic E-state index is 12.7. The number of anilines is 3. The van der Waals surface area contributed by atoms with Crippen molar-refractivity contribution in [1.82, 2.24) is 29.7 Å². The molecule has 2 atom stereocenters. The van der Waals surface area contributed by atoms with E-state index in [-0.39, 0.29) is 5.28 Å². The smallest absolute Gasteiger partial charge is 0.227 e. The van der Waals surface area contributed by atoms with Crippen LogP contribution in [-0.4, -0.2) is 101 Å². The van der Waals surface area contributed by atoms with E-state index in [0.717, 1.165) is 135 Å². The van der Waals surface area contributed by atoms with E-state index < -0.39 is 21.6 Å². The second-order valence-electron chi connectivity index (χ2n) is 13.7. The number of rotatable bonds is 7. The minimum absolute atomic E-state index is 0.224. The van der Waals surface area contributed by atoms with Gasteiger partial charge in [-0.2, -0.15) is 15.1 Å². The fraction of sp³-hybridized carbons (Fsp3) is 0.571. The maximum atomic E-state index is 12.7. The van der Waals surface area contributed by atoms with Gasteiger partial charge in [-0.25, -0.2) is 9.97 Å². The predicted octanol–water partition coefficient (Wildman–Crippen LogP) is 4.49. The van der Waals surface area contributed by atoms with Gasteiger partial charge < -0.3 is 29.4 Å². The summed E-state index contributed by atoms with van der Waals surface area (Å²) in [6.45, 7) is 4.75. The standard InChI is InChI=1S/C24H30N6O3S.C11H14ClN3O2S/c1-29-20(21-3-2-11-33-21)15-19(28-29)16-4-9-30(10-5-16)24-26-18-8-14-34(31)22(18)23(27-24)25-17-6-12-32-13-7-17;12-11-14-8-3-6-18(16)9(8)10(15-11)13-7-1-4-17-5-2-7/h2-3,11,15-17H,4-10,12-14H2,1H3,(H,25,26,27);7H,1-6H2,(H,13,14,15). The van der Waals surface area contributed by atoms with Gasteiger partial charge in [0.1, 0.15) is 27.1 Å². The van der Waals surface area contributed by atoms with E-state index in [1.54, 1.807) is 6.26 Å². The molecule has 3 fully saturated rings. The molecule has 9 heterocycles. The Morgan fingerprint density at radius 2 is 1.40 bits per heavy atom. The van der Waals surface area contributed by atoms with Gasteiger partial charge in [0.25, 0.3) is 0 Å². The third-order valence-corrected chi connectivity index (χ3v) is 13.4. The van der Waals surface area contributed by atoms with Crippen LogP contribution in [0.4, 0.5) is 17.6 Å². The lowest BCUT2D eigenvalue weighted by Crippen LogP contribution is -2.35. The Morgan fingerprint density at radius 3 is 2.00 bits per heavy atom. The first kappa shape index (κ1) is 35.6. The monoisotopic (exact) mass is 769 g/mol. The molecule has 17 heteroatoms. The first-order valence-electron chi connectivity index (χ1n) is 18.1. The van der Waals surface area contributed by atoms with Crippen LogP contribution in [0.15, 0.2) is 38.7 Å². The minimum Gasteiger partial charge on any atom is -0.463 e. The molecule has 0 aromatic carbocycles. The second kappa shape index (κ2) is 15.9. The summed E-state index contributed by atoms with van der Waals surface area (Å²) in [6, 6.07) is 6.63. The van der Waals surface area contributed by atoms with Crippen molar-refractivity contribution in [2.45, 2.75) is 79.2 Å². The van der Waals surface area contributed by atoms with Crippen LogP contribution < -0.4 is 15.5 Å². The molecule has 2 N–H and O–H groups in total. The zero-order chi connectivity index (χ0) is 35.6. The second-order valence-corrected chi connectivity index (χ2v) is 17.1. The fourth-order valence-electron chi connectivity index (χ4n) is 7.48. The van der Waals surface area contributed by atoms with Crippen molar-refractivity contribution in [2.75, 3.05) is 66.6 Å². The van der Waals surface area contributed by atoms with Gasteiger partial charge in [-0.15, -0.1) is 0 Å². The Hall–Kier alpha value is -3.44. The molecule has 5 aliphatic heterocycles. The molecule has 0 saturated carbocycles. The Labute approximate surface area is 312 Å². The molecule has 14 nitrogen and oxygen atoms in total. The molecule has 0 aliphatic carbocycles. The van der Waals surface area contributed by atoms with Gasteiger partial charge in [0.2, 0.25) is 11.2 Å². The summed E-state index contributed by atoms with van der Waals surface area (Å²) in [4.78, 5) is 21.9. The summed E-state index contributed by atoms with van der Waals surface area (Å²) >= 11 is 5.91. The van der Waals surface area contributed by atoms with Crippen LogP contribution >= 0.6 is 11.6 Å². The lowest BCUT2D eigenvalue weighted by molar-refractivity contribution is 0.0902. The topological polar surface area (TPSA) is 162 Å². The molecule has 9 rings (SSSR count). The highest BCUT2D eigenvalue weighted by molar-refractivity contribution is 7.85. The molecule has 0 spiro atoms. The number of ether oxygens (including phenoxy) is 2. The molecule has 0 bridgehead atoms. The molecule has 3 saturated heterocycles. The van der Waals surface area contributed by atoms with Gasteiger partial charge in [0, 0.05) is 88.9 Å². The number of piperidine rings is 1. The van der Waals surface area contributed by atoms with E-state index >= 15 is 0 Å². The SMILES string of the molecule is Cn1nc(C2CCN(c3nc4c(c(NC5CCOCC5)n3)S(=O)CC4)CC2)cc1-c1ccco1.O=S1CCc2nc(Cl)nc(NC3CCOCC3)c21. The quantitative estimate of drug-likeness (QED) is 0.253. The van der Waals surface area contributed by atoms with Crippen molar-refractivity contribution in [1.29, 1.82) is 0 Å². The van der Waals surface area contributed by atoms with Crippen molar-refractivity contribution in [3.05, 3.63) is 46.8 Å². The van der Waals surface area contributed by atoms with Crippen LogP contribution in [0.5, 0.6) is 0 Å². The lowest BCUT2D eigenvalue weighted by Gasteiger charge is -2.32. The third kappa shape index (κ3) is 7.77. The molecular weight excluding hydrogens is 726 g/mol. The fourth-order valence-corrected chi connectivity index (χ4v) is 10.3. The number of hydrogen-bond donors (Lipinski definition) is 2. The number of aryl methyl sites for hydroxylation is 3. The van der Waals surface area contributed by atoms with E-state index in [1.807, 2.05) is 23.9 Å². The number of aromatic nitrogens is 6. The molecular formula is C35H44ClN9O5S2. The van der Waals surface area contributed by atoms with Gasteiger partial charge in [-0.3, -0.25) is 13.1 Å². The zero-order valence-electron chi connectivity index (χ0n) is 29.2. The highest BCUT2D eigenvalue weighted by atomic mass is 35.5. The van der Waals surface area contributed by atoms with Crippen LogP contribution in [0.1, 0.15) is 61.5 Å². The van der Waals surface area contributed by atoms with Crippen molar-refractivity contribution in [2.24, 2.45) is 7.05 Å². The molecule has 4 aromatic heterocycles. The summed E-state index contributed by atoms with van der Waals surface area (Å²) in [5.41, 5.74) is 3.87. The number of hydrogen-bond acceptors (Lipinski definition) is 13. The highest BCUT2D eigenvalue weighted by Crippen LogP contribution is 2.35. The van der Waals surface area contributed by atoms with Gasteiger partial charge in [0.15, 0.2) is 5.76 Å². The largest absolute Gasteiger partial charge is 0.463 e. The van der Waals surface area contributed by atoms with Crippen molar-refractivity contribution in [3.63, 3.8) is 0 Å². The van der Waals surface area contributed by atoms with Crippen LogP contribution in [0.2, 0.25) is 5.28 Å². The van der Waals surface area contributed by atoms with E-state index in [0.29, 0.717) is 41.7 Å². The number of furan rings is 1. The lowest BCUT2D eigenvalue weighted by atomic mass is 9.93. The number of halogens is 1. The van der Waals surface area contributed by atoms with Gasteiger partial charge >= 0.3 is 0 Å². The molecule has 4 aromatic rings. The summed E-state index contributed by atoms with van der Waals surface area (Å²) in [5, 5.41) is 11.9. The molecule has 5 aliphatic rings. The third-order valence-electron chi connectivity index (χ3n) is 10.3. The Morgan fingerprint density at radius 1 is 0.808 bits per heavy atom. The van der Waals surface area contributed by atoms with E-state index in [9.17, 15) is 8.42 Å². The highest BCUT2D eigenvalue weighted by Gasteiger charge is 2.31. The van der Waals surface area contributed by atoms with Gasteiger partial charge in [0.05, 0.1) is 44.9 Å². The Kier molecular flexibility index (Phi) is 10.9. The molecule has 52 heavy (non-hydrogen) atoms. The number of nitrogens with one attached hydrogen (secondary N) is 2. The summed E-state index contributed by atoms with van der Waals surface area (Å²) in [5.74, 6) is 4.65. The summed E-state index contributed by atoms with van der Waals surface area (Å²) in [7, 11) is -0.0611. The molecule has 278 valence electrons. The summed E-state index contributed by atoms with van der Waals surface area (Å²) in [6.07, 6.45) is 8.89. The van der Waals surface area contributed by atoms with Crippen molar-refractivity contribution >= 4 is 50.8 Å². The van der Waals surface area contributed by atoms with Crippen LogP contribution in [-0.2, 0) is 51.0 Å². The normalized spacial score (nSPS) is 22.5. The Balaban J connectivity index is 0.000000181. The maximum Gasteiger partial charge on any atom is 0.227 e. The van der Waals surface area contributed by atoms with E-state index in [1.165, 1.54) is 0 Å². The molecule has 0 amide bonds. The van der Waals surface area contributed by atoms with Gasteiger partial charge in [-0.1, -0.05) is 0 Å². The predicted molar refractivity (Wildman–Crippen MR) is 199 cm³/mol. The number of nitrogens with zero attached hydrogens (tertiary/aromatic N) is 7. The average molecular weight is 770 g/mol. The number of fused-ring (bicyclic) bond motifs is 2. The van der Waals surface area contributed by atoms with Crippen molar-refractivity contribution < 1.29 is 22.3 Å². The van der Waals surface area contributed by atoms with Crippen LogP contribution in [0.3, 0.4) is 0 Å². The van der Waals surface area contributed by atoms with Crippen LogP contribution in [0, 0.1) is 0 Å². The van der Waals surface area contributed by atoms with Gasteiger partial charge in [-0.05, 0) is 68.3 Å².